The van der Waals surface area contributed by atoms with Gasteiger partial charge in [0.15, 0.2) is 0 Å². The maximum Gasteiger partial charge on any atom is 0.225 e. The van der Waals surface area contributed by atoms with E-state index >= 15 is 0 Å². The van der Waals surface area contributed by atoms with E-state index in [-0.39, 0.29) is 29.6 Å². The maximum atomic E-state index is 13.9. The van der Waals surface area contributed by atoms with Crippen molar-refractivity contribution in [1.29, 1.82) is 0 Å². The number of fused-ring (bicyclic) bond motifs is 1. The minimum atomic E-state index is -0.314. The van der Waals surface area contributed by atoms with Crippen LogP contribution >= 0.6 is 0 Å². The summed E-state index contributed by atoms with van der Waals surface area (Å²) in [5.74, 6) is -0.356. The highest BCUT2D eigenvalue weighted by Gasteiger charge is 2.37. The van der Waals surface area contributed by atoms with Crippen molar-refractivity contribution in [3.8, 4) is 0 Å². The van der Waals surface area contributed by atoms with E-state index in [1.165, 1.54) is 6.20 Å². The average Bonchev–Trinajstić information content (AvgIpc) is 3.08. The fourth-order valence-corrected chi connectivity index (χ4v) is 4.15. The van der Waals surface area contributed by atoms with Crippen LogP contribution in [0.1, 0.15) is 38.2 Å². The van der Waals surface area contributed by atoms with E-state index in [1.807, 2.05) is 4.90 Å². The largest absolute Gasteiger partial charge is 0.355 e. The zero-order chi connectivity index (χ0) is 18.5. The third kappa shape index (κ3) is 4.38. The number of aromatic nitrogens is 1. The topological polar surface area (TPSA) is 65.5 Å². The van der Waals surface area contributed by atoms with Gasteiger partial charge in [-0.1, -0.05) is 6.42 Å². The number of carbonyl (C=O) groups excluding carboxylic acids is 2. The molecule has 7 heteroatoms. The van der Waals surface area contributed by atoms with Gasteiger partial charge < -0.3 is 10.2 Å². The van der Waals surface area contributed by atoms with Gasteiger partial charge in [0.25, 0.3) is 0 Å². The lowest BCUT2D eigenvalue weighted by atomic mass is 10.0. The summed E-state index contributed by atoms with van der Waals surface area (Å²) in [6, 6.07) is 1.70. The van der Waals surface area contributed by atoms with E-state index < -0.39 is 0 Å². The molecule has 0 spiro atoms. The van der Waals surface area contributed by atoms with Crippen molar-refractivity contribution >= 4 is 11.8 Å². The first kappa shape index (κ1) is 18.8. The predicted octanol–water partition coefficient (Wildman–Crippen LogP) is 1.56. The third-order valence-corrected chi connectivity index (χ3v) is 5.47. The molecule has 2 heterocycles. The molecule has 3 rings (SSSR count). The van der Waals surface area contributed by atoms with Gasteiger partial charge in [-0.15, -0.1) is 0 Å². The molecular weight excluding hydrogens is 335 g/mol. The summed E-state index contributed by atoms with van der Waals surface area (Å²) in [7, 11) is 0. The number of rotatable bonds is 2. The Labute approximate surface area is 153 Å². The minimum Gasteiger partial charge on any atom is -0.355 e. The molecular formula is C19H27FN4O2. The third-order valence-electron chi connectivity index (χ3n) is 5.47. The zero-order valence-electron chi connectivity index (χ0n) is 15.3. The second kappa shape index (κ2) is 8.58. The van der Waals surface area contributed by atoms with E-state index in [2.05, 4.69) is 15.2 Å². The zero-order valence-corrected chi connectivity index (χ0v) is 15.3. The molecule has 0 bridgehead atoms. The SMILES string of the molecule is CC(=O)N1CCCN(Cc2ccncc2F)CCNC(=O)C2CCCC21. The van der Waals surface area contributed by atoms with Gasteiger partial charge in [0.2, 0.25) is 11.8 Å². The standard InChI is InChI=1S/C19H27FN4O2/c1-14(25)24-10-3-9-23(13-15-6-7-21-12-17(15)20)11-8-22-19(26)16-4-2-5-18(16)24/h6-7,12,16,18H,2-5,8-11,13H2,1H3,(H,22,26). The molecule has 1 saturated carbocycles. The Hall–Kier alpha value is -2.02. The Balaban J connectivity index is 1.71. The molecule has 6 nitrogen and oxygen atoms in total. The minimum absolute atomic E-state index is 0.0108. The van der Waals surface area contributed by atoms with Gasteiger partial charge >= 0.3 is 0 Å². The lowest BCUT2D eigenvalue weighted by molar-refractivity contribution is -0.134. The number of halogens is 1. The van der Waals surface area contributed by atoms with Crippen LogP contribution in [0.2, 0.25) is 0 Å². The van der Waals surface area contributed by atoms with Gasteiger partial charge in [-0.2, -0.15) is 0 Å². The number of pyridine rings is 1. The second-order valence-corrected chi connectivity index (χ2v) is 7.20. The fourth-order valence-electron chi connectivity index (χ4n) is 4.15. The summed E-state index contributed by atoms with van der Waals surface area (Å²) in [6.07, 6.45) is 6.34. The number of amides is 2. The van der Waals surface area contributed by atoms with Crippen LogP contribution in [0, 0.1) is 11.7 Å². The molecule has 1 aromatic heterocycles. The number of carbonyl (C=O) groups is 2. The summed E-state index contributed by atoms with van der Waals surface area (Å²) in [5.41, 5.74) is 0.599. The Morgan fingerprint density at radius 3 is 2.92 bits per heavy atom. The number of nitrogens with zero attached hydrogens (tertiary/aromatic N) is 3. The van der Waals surface area contributed by atoms with Gasteiger partial charge in [0.1, 0.15) is 5.82 Å². The summed E-state index contributed by atoms with van der Waals surface area (Å²) in [4.78, 5) is 32.5. The number of hydrogen-bond acceptors (Lipinski definition) is 4. The predicted molar refractivity (Wildman–Crippen MR) is 95.6 cm³/mol. The van der Waals surface area contributed by atoms with Crippen molar-refractivity contribution in [2.24, 2.45) is 5.92 Å². The fraction of sp³-hybridized carbons (Fsp3) is 0.632. The van der Waals surface area contributed by atoms with Crippen LogP contribution in [-0.2, 0) is 16.1 Å². The van der Waals surface area contributed by atoms with Crippen molar-refractivity contribution in [3.05, 3.63) is 29.8 Å². The molecule has 0 radical (unpaired) electrons. The molecule has 1 saturated heterocycles. The summed E-state index contributed by atoms with van der Waals surface area (Å²) in [6.45, 7) is 4.63. The Bertz CT molecular complexity index is 654. The van der Waals surface area contributed by atoms with Crippen LogP contribution < -0.4 is 5.32 Å². The maximum absolute atomic E-state index is 13.9. The van der Waals surface area contributed by atoms with Crippen LogP contribution in [0.15, 0.2) is 18.5 Å². The van der Waals surface area contributed by atoms with Gasteiger partial charge in [-0.25, -0.2) is 4.39 Å². The highest BCUT2D eigenvalue weighted by atomic mass is 19.1. The van der Waals surface area contributed by atoms with Crippen molar-refractivity contribution in [2.45, 2.75) is 45.2 Å². The van der Waals surface area contributed by atoms with Crippen LogP contribution in [0.3, 0.4) is 0 Å². The molecule has 2 fully saturated rings. The smallest absolute Gasteiger partial charge is 0.225 e. The summed E-state index contributed by atoms with van der Waals surface area (Å²) in [5, 5.41) is 3.02. The molecule has 2 aliphatic rings. The first-order chi connectivity index (χ1) is 12.6. The van der Waals surface area contributed by atoms with Crippen LogP contribution in [0.25, 0.3) is 0 Å². The van der Waals surface area contributed by atoms with Crippen molar-refractivity contribution < 1.29 is 14.0 Å². The normalized spacial score (nSPS) is 25.3. The Kier molecular flexibility index (Phi) is 6.19. The molecule has 2 unspecified atom stereocenters. The second-order valence-electron chi connectivity index (χ2n) is 7.20. The van der Waals surface area contributed by atoms with Gasteiger partial charge in [0, 0.05) is 57.4 Å². The molecule has 2 atom stereocenters. The van der Waals surface area contributed by atoms with Crippen molar-refractivity contribution in [3.63, 3.8) is 0 Å². The summed E-state index contributed by atoms with van der Waals surface area (Å²) < 4.78 is 13.9. The molecule has 1 aliphatic carbocycles. The lowest BCUT2D eigenvalue weighted by Gasteiger charge is -2.32. The van der Waals surface area contributed by atoms with Crippen LogP contribution in [-0.4, -0.2) is 58.8 Å². The lowest BCUT2D eigenvalue weighted by Crippen LogP contribution is -2.46. The van der Waals surface area contributed by atoms with Gasteiger partial charge in [0.05, 0.1) is 12.1 Å². The van der Waals surface area contributed by atoms with E-state index in [0.717, 1.165) is 32.2 Å². The van der Waals surface area contributed by atoms with E-state index in [4.69, 9.17) is 0 Å². The number of nitrogens with one attached hydrogen (secondary N) is 1. The molecule has 0 aromatic carbocycles. The van der Waals surface area contributed by atoms with Gasteiger partial charge in [-0.3, -0.25) is 19.5 Å². The monoisotopic (exact) mass is 362 g/mol. The molecule has 1 aliphatic heterocycles. The first-order valence-corrected chi connectivity index (χ1v) is 9.42. The molecule has 26 heavy (non-hydrogen) atoms. The first-order valence-electron chi connectivity index (χ1n) is 9.42. The van der Waals surface area contributed by atoms with E-state index in [1.54, 1.807) is 19.2 Å². The van der Waals surface area contributed by atoms with Crippen molar-refractivity contribution in [1.82, 2.24) is 20.1 Å². The van der Waals surface area contributed by atoms with Crippen LogP contribution in [0.5, 0.6) is 0 Å². The Morgan fingerprint density at radius 1 is 1.31 bits per heavy atom. The summed E-state index contributed by atoms with van der Waals surface area (Å²) >= 11 is 0. The van der Waals surface area contributed by atoms with Crippen molar-refractivity contribution in [2.75, 3.05) is 26.2 Å². The van der Waals surface area contributed by atoms with E-state index in [9.17, 15) is 14.0 Å². The molecule has 2 amide bonds. The highest BCUT2D eigenvalue weighted by Crippen LogP contribution is 2.30. The molecule has 142 valence electrons. The van der Waals surface area contributed by atoms with E-state index in [0.29, 0.717) is 31.7 Å². The Morgan fingerprint density at radius 2 is 2.15 bits per heavy atom. The van der Waals surface area contributed by atoms with Gasteiger partial charge in [-0.05, 0) is 25.3 Å². The molecule has 1 N–H and O–H groups in total. The highest BCUT2D eigenvalue weighted by molar-refractivity contribution is 5.81. The quantitative estimate of drug-likeness (QED) is 0.867. The average molecular weight is 362 g/mol. The number of hydrogen-bond donors (Lipinski definition) is 1. The molecule has 1 aromatic rings. The van der Waals surface area contributed by atoms with Crippen LogP contribution in [0.4, 0.5) is 4.39 Å².